The summed E-state index contributed by atoms with van der Waals surface area (Å²) < 4.78 is 10.9. The Hall–Kier alpha value is -2.44. The van der Waals surface area contributed by atoms with E-state index in [1.165, 1.54) is 18.2 Å². The molecule has 3 amide bonds. The molecule has 3 rings (SSSR count). The highest BCUT2D eigenvalue weighted by Crippen LogP contribution is 2.33. The van der Waals surface area contributed by atoms with Crippen LogP contribution in [0.25, 0.3) is 0 Å². The van der Waals surface area contributed by atoms with Crippen molar-refractivity contribution in [1.82, 2.24) is 0 Å². The van der Waals surface area contributed by atoms with E-state index in [2.05, 4.69) is 5.32 Å². The molecule has 0 spiro atoms. The van der Waals surface area contributed by atoms with E-state index in [4.69, 9.17) is 32.7 Å². The van der Waals surface area contributed by atoms with E-state index >= 15 is 0 Å². The fourth-order valence-corrected chi connectivity index (χ4v) is 2.46. The van der Waals surface area contributed by atoms with Crippen molar-refractivity contribution in [1.29, 1.82) is 0 Å². The second-order valence-electron chi connectivity index (χ2n) is 4.86. The van der Waals surface area contributed by atoms with Crippen molar-refractivity contribution in [3.63, 3.8) is 0 Å². The Labute approximate surface area is 147 Å². The molecule has 124 valence electrons. The number of halogens is 2. The number of nitrogens with zero attached hydrogens (tertiary/aromatic N) is 1. The first-order chi connectivity index (χ1) is 11.6. The maximum Gasteiger partial charge on any atom is 0.332 e. The number of anilines is 2. The molecular weight excluding hydrogens is 355 g/mol. The van der Waals surface area contributed by atoms with Crippen molar-refractivity contribution >= 4 is 47.0 Å². The van der Waals surface area contributed by atoms with Gasteiger partial charge in [-0.2, -0.15) is 0 Å². The van der Waals surface area contributed by atoms with Gasteiger partial charge in [-0.1, -0.05) is 23.2 Å². The Morgan fingerprint density at radius 1 is 1.04 bits per heavy atom. The van der Waals surface area contributed by atoms with Gasteiger partial charge in [-0.15, -0.1) is 0 Å². The van der Waals surface area contributed by atoms with Gasteiger partial charge in [0.25, 0.3) is 0 Å². The monoisotopic (exact) mass is 366 g/mol. The zero-order chi connectivity index (χ0) is 17.1. The summed E-state index contributed by atoms with van der Waals surface area (Å²) in [4.78, 5) is 24.5. The third kappa shape index (κ3) is 3.39. The van der Waals surface area contributed by atoms with Gasteiger partial charge in [0.1, 0.15) is 13.2 Å². The van der Waals surface area contributed by atoms with Crippen LogP contribution < -0.4 is 19.7 Å². The van der Waals surface area contributed by atoms with E-state index < -0.39 is 6.03 Å². The van der Waals surface area contributed by atoms with Crippen LogP contribution >= 0.6 is 23.2 Å². The maximum absolute atomic E-state index is 12.3. The third-order valence-electron chi connectivity index (χ3n) is 3.30. The quantitative estimate of drug-likeness (QED) is 0.834. The lowest BCUT2D eigenvalue weighted by Gasteiger charge is -2.20. The topological polar surface area (TPSA) is 67.9 Å². The molecule has 1 aliphatic rings. The Morgan fingerprint density at radius 2 is 1.79 bits per heavy atom. The average molecular weight is 367 g/mol. The number of nitrogens with one attached hydrogen (secondary N) is 1. The summed E-state index contributed by atoms with van der Waals surface area (Å²) in [6.07, 6.45) is 0.396. The predicted molar refractivity (Wildman–Crippen MR) is 91.5 cm³/mol. The van der Waals surface area contributed by atoms with Gasteiger partial charge in [0.2, 0.25) is 6.41 Å². The molecule has 6 nitrogen and oxygen atoms in total. The van der Waals surface area contributed by atoms with Crippen LogP contribution in [0.1, 0.15) is 0 Å². The molecule has 0 radical (unpaired) electrons. The fourth-order valence-electron chi connectivity index (χ4n) is 2.17. The molecule has 0 bridgehead atoms. The van der Waals surface area contributed by atoms with Gasteiger partial charge in [-0.25, -0.2) is 9.69 Å². The first-order valence-electron chi connectivity index (χ1n) is 6.98. The highest BCUT2D eigenvalue weighted by atomic mass is 35.5. The minimum Gasteiger partial charge on any atom is -0.486 e. The first-order valence-corrected chi connectivity index (χ1v) is 7.74. The Bertz CT molecular complexity index is 798. The van der Waals surface area contributed by atoms with Crippen LogP contribution in [0.4, 0.5) is 16.2 Å². The second-order valence-corrected chi connectivity index (χ2v) is 5.68. The molecule has 1 heterocycles. The molecule has 0 fully saturated rings. The lowest BCUT2D eigenvalue weighted by molar-refractivity contribution is -0.106. The van der Waals surface area contributed by atoms with Crippen molar-refractivity contribution in [2.24, 2.45) is 0 Å². The standard InChI is InChI=1S/C16H12Cl2N2O4/c17-12-3-2-11(8-13(12)18)20(9-21)16(22)19-10-1-4-14-15(7-10)24-6-5-23-14/h1-4,7-9H,5-6H2,(H,19,22). The number of urea groups is 1. The number of carbonyl (C=O) groups excluding carboxylic acids is 2. The minimum absolute atomic E-state index is 0.244. The van der Waals surface area contributed by atoms with E-state index in [9.17, 15) is 9.59 Å². The average Bonchev–Trinajstić information content (AvgIpc) is 2.58. The molecule has 2 aromatic carbocycles. The molecule has 0 saturated heterocycles. The van der Waals surface area contributed by atoms with Gasteiger partial charge in [-0.3, -0.25) is 4.79 Å². The Kier molecular flexibility index (Phi) is 4.78. The lowest BCUT2D eigenvalue weighted by Crippen LogP contribution is -2.33. The largest absolute Gasteiger partial charge is 0.486 e. The zero-order valence-corrected chi connectivity index (χ0v) is 13.8. The normalized spacial score (nSPS) is 12.4. The molecule has 0 atom stereocenters. The zero-order valence-electron chi connectivity index (χ0n) is 12.3. The van der Waals surface area contributed by atoms with Crippen molar-refractivity contribution in [2.75, 3.05) is 23.4 Å². The van der Waals surface area contributed by atoms with Crippen LogP contribution in [0, 0.1) is 0 Å². The van der Waals surface area contributed by atoms with Crippen LogP contribution in [0.5, 0.6) is 11.5 Å². The van der Waals surface area contributed by atoms with E-state index in [1.54, 1.807) is 18.2 Å². The van der Waals surface area contributed by atoms with Gasteiger partial charge in [0.15, 0.2) is 11.5 Å². The van der Waals surface area contributed by atoms with Crippen molar-refractivity contribution < 1.29 is 19.1 Å². The van der Waals surface area contributed by atoms with Crippen LogP contribution in [0.2, 0.25) is 10.0 Å². The second kappa shape index (κ2) is 6.98. The molecule has 1 aliphatic heterocycles. The first kappa shape index (κ1) is 16.4. The summed E-state index contributed by atoms with van der Waals surface area (Å²) in [5, 5.41) is 3.20. The summed E-state index contributed by atoms with van der Waals surface area (Å²) in [5.74, 6) is 1.14. The third-order valence-corrected chi connectivity index (χ3v) is 4.04. The van der Waals surface area contributed by atoms with Crippen LogP contribution in [0.15, 0.2) is 36.4 Å². The van der Waals surface area contributed by atoms with Crippen molar-refractivity contribution in [2.45, 2.75) is 0 Å². The summed E-state index contributed by atoms with van der Waals surface area (Å²) in [5.41, 5.74) is 0.769. The summed E-state index contributed by atoms with van der Waals surface area (Å²) in [7, 11) is 0. The highest BCUT2D eigenvalue weighted by Gasteiger charge is 2.18. The molecule has 0 aromatic heterocycles. The molecule has 0 aliphatic carbocycles. The molecular formula is C16H12Cl2N2O4. The Morgan fingerprint density at radius 3 is 2.50 bits per heavy atom. The number of hydrogen-bond donors (Lipinski definition) is 1. The van der Waals surface area contributed by atoms with Gasteiger partial charge in [-0.05, 0) is 30.3 Å². The van der Waals surface area contributed by atoms with Crippen LogP contribution in [0.3, 0.4) is 0 Å². The van der Waals surface area contributed by atoms with E-state index in [0.29, 0.717) is 47.5 Å². The van der Waals surface area contributed by atoms with E-state index in [1.807, 2.05) is 0 Å². The molecule has 24 heavy (non-hydrogen) atoms. The van der Waals surface area contributed by atoms with Crippen LogP contribution in [-0.4, -0.2) is 25.7 Å². The highest BCUT2D eigenvalue weighted by molar-refractivity contribution is 6.42. The SMILES string of the molecule is O=CN(C(=O)Nc1ccc2c(c1)OCCO2)c1ccc(Cl)c(Cl)c1. The van der Waals surface area contributed by atoms with Crippen molar-refractivity contribution in [3.05, 3.63) is 46.4 Å². The molecule has 8 heteroatoms. The fraction of sp³-hybridized carbons (Fsp3) is 0.125. The number of amides is 3. The minimum atomic E-state index is -0.639. The number of fused-ring (bicyclic) bond motifs is 1. The predicted octanol–water partition coefficient (Wildman–Crippen LogP) is 3.96. The number of imide groups is 1. The maximum atomic E-state index is 12.3. The number of benzene rings is 2. The lowest BCUT2D eigenvalue weighted by atomic mass is 10.2. The van der Waals surface area contributed by atoms with Gasteiger partial charge in [0, 0.05) is 11.8 Å². The number of carbonyl (C=O) groups is 2. The summed E-state index contributed by atoms with van der Waals surface area (Å²) in [6, 6.07) is 8.79. The molecule has 0 unspecified atom stereocenters. The van der Waals surface area contributed by atoms with Gasteiger partial charge in [0.05, 0.1) is 15.7 Å². The smallest absolute Gasteiger partial charge is 0.332 e. The van der Waals surface area contributed by atoms with Crippen LogP contribution in [-0.2, 0) is 4.79 Å². The van der Waals surface area contributed by atoms with E-state index in [-0.39, 0.29) is 5.02 Å². The van der Waals surface area contributed by atoms with Gasteiger partial charge < -0.3 is 14.8 Å². The number of rotatable bonds is 3. The molecule has 2 aromatic rings. The number of hydrogen-bond acceptors (Lipinski definition) is 4. The van der Waals surface area contributed by atoms with Gasteiger partial charge >= 0.3 is 6.03 Å². The Balaban J connectivity index is 1.79. The van der Waals surface area contributed by atoms with Crippen molar-refractivity contribution in [3.8, 4) is 11.5 Å². The number of ether oxygens (including phenoxy) is 2. The molecule has 0 saturated carbocycles. The summed E-state index contributed by atoms with van der Waals surface area (Å²) in [6.45, 7) is 0.920. The van der Waals surface area contributed by atoms with E-state index in [0.717, 1.165) is 4.90 Å². The molecule has 1 N–H and O–H groups in total. The summed E-state index contributed by atoms with van der Waals surface area (Å²) >= 11 is 11.8.